The second kappa shape index (κ2) is 7.48. The molecule has 1 fully saturated rings. The van der Waals surface area contributed by atoms with E-state index >= 15 is 0 Å². The van der Waals surface area contributed by atoms with Crippen LogP contribution in [0.15, 0.2) is 0 Å². The van der Waals surface area contributed by atoms with Crippen LogP contribution in [-0.2, 0) is 9.59 Å². The highest BCUT2D eigenvalue weighted by atomic mass is 16.2. The van der Waals surface area contributed by atoms with Gasteiger partial charge in [0.05, 0.1) is 6.04 Å². The Morgan fingerprint density at radius 2 is 1.79 bits per heavy atom. The lowest BCUT2D eigenvalue weighted by Crippen LogP contribution is -2.53. The van der Waals surface area contributed by atoms with E-state index in [1.807, 2.05) is 18.7 Å². The zero-order chi connectivity index (χ0) is 14.4. The van der Waals surface area contributed by atoms with E-state index in [1.165, 1.54) is 6.42 Å². The first kappa shape index (κ1) is 16.0. The van der Waals surface area contributed by atoms with Crippen LogP contribution in [-0.4, -0.2) is 41.9 Å². The molecule has 2 amide bonds. The molecular formula is C14H27N3O2. The average Bonchev–Trinajstić information content (AvgIpc) is 2.45. The summed E-state index contributed by atoms with van der Waals surface area (Å²) in [5, 5.41) is 2.74. The summed E-state index contributed by atoms with van der Waals surface area (Å²) >= 11 is 0. The molecule has 19 heavy (non-hydrogen) atoms. The van der Waals surface area contributed by atoms with Gasteiger partial charge in [-0.05, 0) is 32.1 Å². The van der Waals surface area contributed by atoms with Gasteiger partial charge in [0, 0.05) is 13.1 Å². The lowest BCUT2D eigenvalue weighted by molar-refractivity contribution is -0.137. The van der Waals surface area contributed by atoms with Crippen LogP contribution < -0.4 is 11.1 Å². The minimum absolute atomic E-state index is 0.00408. The molecule has 1 unspecified atom stereocenters. The van der Waals surface area contributed by atoms with Crippen LogP contribution in [0.25, 0.3) is 0 Å². The Hall–Kier alpha value is -1.10. The van der Waals surface area contributed by atoms with Crippen LogP contribution in [0.4, 0.5) is 0 Å². The van der Waals surface area contributed by atoms with Crippen molar-refractivity contribution in [2.75, 3.05) is 13.1 Å². The maximum absolute atomic E-state index is 12.2. The standard InChI is InChI=1S/C14H27N3O2/c1-4-10(2)12(15)13(18)16-11(3)14(19)17-8-6-5-7-9-17/h10-12H,4-9,15H2,1-3H3,(H,16,18)/t10-,11?,12-/m0/s1. The molecule has 5 nitrogen and oxygen atoms in total. The van der Waals surface area contributed by atoms with Crippen LogP contribution >= 0.6 is 0 Å². The second-order valence-corrected chi connectivity index (χ2v) is 5.53. The van der Waals surface area contributed by atoms with Crippen LogP contribution in [0.1, 0.15) is 46.5 Å². The molecule has 1 aliphatic rings. The van der Waals surface area contributed by atoms with Crippen LogP contribution in [0.3, 0.4) is 0 Å². The highest BCUT2D eigenvalue weighted by Gasteiger charge is 2.26. The first-order chi connectivity index (χ1) is 8.97. The highest BCUT2D eigenvalue weighted by Crippen LogP contribution is 2.10. The van der Waals surface area contributed by atoms with Crippen molar-refractivity contribution in [3.63, 3.8) is 0 Å². The summed E-state index contributed by atoms with van der Waals surface area (Å²) in [6, 6.07) is -1.03. The average molecular weight is 269 g/mol. The van der Waals surface area contributed by atoms with E-state index in [4.69, 9.17) is 5.73 Å². The van der Waals surface area contributed by atoms with Gasteiger partial charge < -0.3 is 16.0 Å². The molecule has 0 radical (unpaired) electrons. The molecule has 0 aliphatic carbocycles. The van der Waals surface area contributed by atoms with Crippen molar-refractivity contribution in [2.24, 2.45) is 11.7 Å². The minimum atomic E-state index is -0.540. The van der Waals surface area contributed by atoms with Crippen molar-refractivity contribution < 1.29 is 9.59 Å². The van der Waals surface area contributed by atoms with Crippen LogP contribution in [0.5, 0.6) is 0 Å². The number of hydrogen-bond acceptors (Lipinski definition) is 3. The fourth-order valence-corrected chi connectivity index (χ4v) is 2.27. The van der Waals surface area contributed by atoms with Gasteiger partial charge in [-0.3, -0.25) is 9.59 Å². The maximum atomic E-state index is 12.2. The number of likely N-dealkylation sites (tertiary alicyclic amines) is 1. The maximum Gasteiger partial charge on any atom is 0.244 e. The van der Waals surface area contributed by atoms with Crippen molar-refractivity contribution in [3.05, 3.63) is 0 Å². The Morgan fingerprint density at radius 3 is 2.32 bits per heavy atom. The predicted molar refractivity (Wildman–Crippen MR) is 75.5 cm³/mol. The first-order valence-electron chi connectivity index (χ1n) is 7.32. The molecule has 0 saturated carbocycles. The van der Waals surface area contributed by atoms with Gasteiger partial charge in [0.15, 0.2) is 0 Å². The van der Waals surface area contributed by atoms with Gasteiger partial charge in [0.1, 0.15) is 6.04 Å². The van der Waals surface area contributed by atoms with Crippen molar-refractivity contribution in [1.82, 2.24) is 10.2 Å². The lowest BCUT2D eigenvalue weighted by Gasteiger charge is -2.30. The monoisotopic (exact) mass is 269 g/mol. The summed E-state index contributed by atoms with van der Waals surface area (Å²) in [5.41, 5.74) is 5.86. The quantitative estimate of drug-likeness (QED) is 0.778. The molecule has 110 valence electrons. The molecule has 5 heteroatoms. The summed E-state index contributed by atoms with van der Waals surface area (Å²) in [6.07, 6.45) is 4.14. The summed E-state index contributed by atoms with van der Waals surface area (Å²) < 4.78 is 0. The van der Waals surface area contributed by atoms with Crippen molar-refractivity contribution >= 4 is 11.8 Å². The molecule has 1 saturated heterocycles. The molecule has 0 aromatic carbocycles. The molecule has 3 N–H and O–H groups in total. The summed E-state index contributed by atoms with van der Waals surface area (Å²) in [7, 11) is 0. The van der Waals surface area contributed by atoms with Gasteiger partial charge in [0.25, 0.3) is 0 Å². The molecule has 1 heterocycles. The molecule has 3 atom stereocenters. The van der Waals surface area contributed by atoms with Gasteiger partial charge in [-0.2, -0.15) is 0 Å². The molecule has 1 aliphatic heterocycles. The molecule has 0 aromatic rings. The molecule has 1 rings (SSSR count). The summed E-state index contributed by atoms with van der Waals surface area (Å²) in [5.74, 6) is -0.103. The van der Waals surface area contributed by atoms with Gasteiger partial charge in [-0.15, -0.1) is 0 Å². The molecule has 0 bridgehead atoms. The van der Waals surface area contributed by atoms with E-state index in [9.17, 15) is 9.59 Å². The van der Waals surface area contributed by atoms with Crippen LogP contribution in [0, 0.1) is 5.92 Å². The largest absolute Gasteiger partial charge is 0.343 e. The second-order valence-electron chi connectivity index (χ2n) is 5.53. The third-order valence-electron chi connectivity index (χ3n) is 3.96. The number of nitrogens with zero attached hydrogens (tertiary/aromatic N) is 1. The van der Waals surface area contributed by atoms with Crippen LogP contribution in [0.2, 0.25) is 0 Å². The Bertz CT molecular complexity index is 314. The Morgan fingerprint density at radius 1 is 1.21 bits per heavy atom. The van der Waals surface area contributed by atoms with Gasteiger partial charge in [-0.25, -0.2) is 0 Å². The SMILES string of the molecule is CC[C@H](C)[C@H](N)C(=O)NC(C)C(=O)N1CCCCC1. The topological polar surface area (TPSA) is 75.4 Å². The molecule has 0 aromatic heterocycles. The third kappa shape index (κ3) is 4.49. The Labute approximate surface area is 115 Å². The highest BCUT2D eigenvalue weighted by molar-refractivity contribution is 5.89. The summed E-state index contributed by atoms with van der Waals surface area (Å²) in [4.78, 5) is 25.9. The number of rotatable bonds is 5. The Balaban J connectivity index is 2.46. The van der Waals surface area contributed by atoms with E-state index < -0.39 is 12.1 Å². The van der Waals surface area contributed by atoms with E-state index in [0.29, 0.717) is 0 Å². The predicted octanol–water partition coefficient (Wildman–Crippen LogP) is 0.877. The van der Waals surface area contributed by atoms with Crippen molar-refractivity contribution in [1.29, 1.82) is 0 Å². The number of nitrogens with one attached hydrogen (secondary N) is 1. The molecular weight excluding hydrogens is 242 g/mol. The number of hydrogen-bond donors (Lipinski definition) is 2. The minimum Gasteiger partial charge on any atom is -0.343 e. The van der Waals surface area contributed by atoms with Crippen molar-refractivity contribution in [2.45, 2.75) is 58.5 Å². The number of carbonyl (C=O) groups is 2. The number of amides is 2. The lowest BCUT2D eigenvalue weighted by atomic mass is 9.99. The third-order valence-corrected chi connectivity index (χ3v) is 3.96. The number of carbonyl (C=O) groups excluding carboxylic acids is 2. The molecule has 0 spiro atoms. The van der Waals surface area contributed by atoms with Gasteiger partial charge in [0.2, 0.25) is 11.8 Å². The van der Waals surface area contributed by atoms with E-state index in [-0.39, 0.29) is 17.7 Å². The van der Waals surface area contributed by atoms with Gasteiger partial charge >= 0.3 is 0 Å². The summed E-state index contributed by atoms with van der Waals surface area (Å²) in [6.45, 7) is 7.28. The zero-order valence-corrected chi connectivity index (χ0v) is 12.3. The van der Waals surface area contributed by atoms with Gasteiger partial charge in [-0.1, -0.05) is 20.3 Å². The fraction of sp³-hybridized carbons (Fsp3) is 0.857. The Kier molecular flexibility index (Phi) is 6.28. The smallest absolute Gasteiger partial charge is 0.244 e. The van der Waals surface area contributed by atoms with Crippen molar-refractivity contribution in [3.8, 4) is 0 Å². The van der Waals surface area contributed by atoms with E-state index in [2.05, 4.69) is 5.32 Å². The number of piperidine rings is 1. The fourth-order valence-electron chi connectivity index (χ4n) is 2.27. The van der Waals surface area contributed by atoms with E-state index in [0.717, 1.165) is 32.4 Å². The first-order valence-corrected chi connectivity index (χ1v) is 7.32. The normalized spacial score (nSPS) is 20.5. The zero-order valence-electron chi connectivity index (χ0n) is 12.3. The number of nitrogens with two attached hydrogens (primary N) is 1. The van der Waals surface area contributed by atoms with E-state index in [1.54, 1.807) is 6.92 Å².